The van der Waals surface area contributed by atoms with Crippen molar-refractivity contribution in [2.45, 2.75) is 51.0 Å². The molecule has 0 saturated heterocycles. The van der Waals surface area contributed by atoms with Gasteiger partial charge in [0.15, 0.2) is 0 Å². The van der Waals surface area contributed by atoms with Crippen molar-refractivity contribution in [2.24, 2.45) is 5.92 Å². The molecule has 3 N–H and O–H groups in total. The van der Waals surface area contributed by atoms with Gasteiger partial charge in [-0.1, -0.05) is 6.92 Å². The minimum absolute atomic E-state index is 0.0184. The monoisotopic (exact) mass is 229 g/mol. The molecule has 16 heavy (non-hydrogen) atoms. The number of hydrogen-bond acceptors (Lipinski definition) is 3. The van der Waals surface area contributed by atoms with Crippen molar-refractivity contribution in [1.82, 2.24) is 5.32 Å². The first-order chi connectivity index (χ1) is 7.62. The van der Waals surface area contributed by atoms with Gasteiger partial charge in [0.05, 0.1) is 12.1 Å². The molecule has 0 bridgehead atoms. The molecule has 0 spiro atoms. The summed E-state index contributed by atoms with van der Waals surface area (Å²) in [5, 5.41) is 21.0. The van der Waals surface area contributed by atoms with Crippen LogP contribution in [-0.2, 0) is 4.79 Å². The largest absolute Gasteiger partial charge is 0.396 e. The Morgan fingerprint density at radius 3 is 2.50 bits per heavy atom. The predicted octanol–water partition coefficient (Wildman–Crippen LogP) is 0.816. The Labute approximate surface area is 97.0 Å². The van der Waals surface area contributed by atoms with E-state index in [2.05, 4.69) is 12.2 Å². The van der Waals surface area contributed by atoms with Crippen LogP contribution in [0.1, 0.15) is 45.4 Å². The Bertz CT molecular complexity index is 222. The Balaban J connectivity index is 2.44. The zero-order chi connectivity index (χ0) is 12.0. The minimum Gasteiger partial charge on any atom is -0.396 e. The maximum absolute atomic E-state index is 11.6. The Hall–Kier alpha value is -0.610. The van der Waals surface area contributed by atoms with Gasteiger partial charge < -0.3 is 15.5 Å². The van der Waals surface area contributed by atoms with Gasteiger partial charge in [-0.3, -0.25) is 4.79 Å². The van der Waals surface area contributed by atoms with Gasteiger partial charge >= 0.3 is 0 Å². The van der Waals surface area contributed by atoms with Crippen LogP contribution >= 0.6 is 0 Å². The van der Waals surface area contributed by atoms with Gasteiger partial charge in [-0.15, -0.1) is 0 Å². The van der Waals surface area contributed by atoms with Crippen LogP contribution < -0.4 is 5.32 Å². The summed E-state index contributed by atoms with van der Waals surface area (Å²) in [5.74, 6) is 0.631. The molecule has 0 aromatic rings. The molecule has 1 amide bonds. The fourth-order valence-electron chi connectivity index (χ4n) is 2.24. The lowest BCUT2D eigenvalue weighted by molar-refractivity contribution is -0.124. The predicted molar refractivity (Wildman–Crippen MR) is 61.9 cm³/mol. The SMILES string of the molecule is CC1CCC(CO)(NC(=O)CCCO)CC1. The van der Waals surface area contributed by atoms with E-state index in [1.807, 2.05) is 0 Å². The van der Waals surface area contributed by atoms with Crippen molar-refractivity contribution in [2.75, 3.05) is 13.2 Å². The Morgan fingerprint density at radius 1 is 1.38 bits per heavy atom. The van der Waals surface area contributed by atoms with Crippen molar-refractivity contribution >= 4 is 5.91 Å². The molecule has 0 heterocycles. The molecule has 1 fully saturated rings. The molecule has 0 atom stereocenters. The number of carbonyl (C=O) groups excluding carboxylic acids is 1. The molecular weight excluding hydrogens is 206 g/mol. The van der Waals surface area contributed by atoms with E-state index in [4.69, 9.17) is 5.11 Å². The van der Waals surface area contributed by atoms with Crippen molar-refractivity contribution in [3.8, 4) is 0 Å². The van der Waals surface area contributed by atoms with Crippen LogP contribution in [0.15, 0.2) is 0 Å². The Kier molecular flexibility index (Phi) is 5.22. The van der Waals surface area contributed by atoms with Gasteiger partial charge in [0, 0.05) is 13.0 Å². The molecule has 1 aliphatic rings. The van der Waals surface area contributed by atoms with E-state index in [0.29, 0.717) is 18.8 Å². The molecule has 94 valence electrons. The number of amides is 1. The number of nitrogens with one attached hydrogen (secondary N) is 1. The second-order valence-corrected chi connectivity index (χ2v) is 5.00. The first-order valence-corrected chi connectivity index (χ1v) is 6.14. The average molecular weight is 229 g/mol. The highest BCUT2D eigenvalue weighted by molar-refractivity contribution is 5.76. The van der Waals surface area contributed by atoms with Crippen LogP contribution in [0.25, 0.3) is 0 Å². The van der Waals surface area contributed by atoms with E-state index >= 15 is 0 Å². The third-order valence-corrected chi connectivity index (χ3v) is 3.50. The second-order valence-electron chi connectivity index (χ2n) is 5.00. The third-order valence-electron chi connectivity index (χ3n) is 3.50. The Morgan fingerprint density at radius 2 is 2.00 bits per heavy atom. The summed E-state index contributed by atoms with van der Waals surface area (Å²) in [5.41, 5.74) is -0.404. The van der Waals surface area contributed by atoms with Crippen molar-refractivity contribution in [3.05, 3.63) is 0 Å². The quantitative estimate of drug-likeness (QED) is 0.653. The van der Waals surface area contributed by atoms with Crippen LogP contribution in [0.3, 0.4) is 0 Å². The number of aliphatic hydroxyl groups is 2. The zero-order valence-corrected chi connectivity index (χ0v) is 10.0. The smallest absolute Gasteiger partial charge is 0.220 e. The van der Waals surface area contributed by atoms with E-state index in [0.717, 1.165) is 25.7 Å². The van der Waals surface area contributed by atoms with E-state index in [1.165, 1.54) is 0 Å². The molecule has 1 aliphatic carbocycles. The highest BCUT2D eigenvalue weighted by Gasteiger charge is 2.34. The molecule has 4 heteroatoms. The zero-order valence-electron chi connectivity index (χ0n) is 10.0. The lowest BCUT2D eigenvalue weighted by Crippen LogP contribution is -2.53. The van der Waals surface area contributed by atoms with Crippen LogP contribution in [-0.4, -0.2) is 34.9 Å². The van der Waals surface area contributed by atoms with Gasteiger partial charge in [0.2, 0.25) is 5.91 Å². The van der Waals surface area contributed by atoms with E-state index in [-0.39, 0.29) is 19.1 Å². The summed E-state index contributed by atoms with van der Waals surface area (Å²) in [6.45, 7) is 2.26. The van der Waals surface area contributed by atoms with Gasteiger partial charge in [0.1, 0.15) is 0 Å². The van der Waals surface area contributed by atoms with Crippen molar-refractivity contribution in [1.29, 1.82) is 0 Å². The fraction of sp³-hybridized carbons (Fsp3) is 0.917. The van der Waals surface area contributed by atoms with E-state index in [9.17, 15) is 9.90 Å². The molecule has 0 unspecified atom stereocenters. The van der Waals surface area contributed by atoms with Crippen LogP contribution in [0.5, 0.6) is 0 Å². The second kappa shape index (κ2) is 6.21. The van der Waals surface area contributed by atoms with Crippen LogP contribution in [0.2, 0.25) is 0 Å². The minimum atomic E-state index is -0.404. The number of aliphatic hydroxyl groups excluding tert-OH is 2. The molecule has 1 saturated carbocycles. The van der Waals surface area contributed by atoms with Crippen molar-refractivity contribution < 1.29 is 15.0 Å². The topological polar surface area (TPSA) is 69.6 Å². The lowest BCUT2D eigenvalue weighted by Gasteiger charge is -2.38. The highest BCUT2D eigenvalue weighted by Crippen LogP contribution is 2.31. The van der Waals surface area contributed by atoms with E-state index in [1.54, 1.807) is 0 Å². The number of carbonyl (C=O) groups is 1. The maximum Gasteiger partial charge on any atom is 0.220 e. The van der Waals surface area contributed by atoms with Crippen molar-refractivity contribution in [3.63, 3.8) is 0 Å². The molecule has 0 aliphatic heterocycles. The third kappa shape index (κ3) is 3.76. The maximum atomic E-state index is 11.6. The van der Waals surface area contributed by atoms with Gasteiger partial charge in [-0.05, 0) is 38.0 Å². The number of hydrogen-bond donors (Lipinski definition) is 3. The molecule has 0 aromatic heterocycles. The number of rotatable bonds is 5. The summed E-state index contributed by atoms with van der Waals surface area (Å²) < 4.78 is 0. The molecular formula is C12H23NO3. The molecule has 1 rings (SSSR count). The van der Waals surface area contributed by atoms with Gasteiger partial charge in [-0.25, -0.2) is 0 Å². The summed E-state index contributed by atoms with van der Waals surface area (Å²) >= 11 is 0. The summed E-state index contributed by atoms with van der Waals surface area (Å²) in [4.78, 5) is 11.6. The van der Waals surface area contributed by atoms with Crippen LogP contribution in [0, 0.1) is 5.92 Å². The summed E-state index contributed by atoms with van der Waals surface area (Å²) in [6.07, 6.45) is 4.66. The van der Waals surface area contributed by atoms with Gasteiger partial charge in [0.25, 0.3) is 0 Å². The molecule has 4 nitrogen and oxygen atoms in total. The van der Waals surface area contributed by atoms with Crippen LogP contribution in [0.4, 0.5) is 0 Å². The van der Waals surface area contributed by atoms with Gasteiger partial charge in [-0.2, -0.15) is 0 Å². The fourth-order valence-corrected chi connectivity index (χ4v) is 2.24. The highest BCUT2D eigenvalue weighted by atomic mass is 16.3. The first kappa shape index (κ1) is 13.5. The standard InChI is InChI=1S/C12H23NO3/c1-10-4-6-12(9-15,7-5-10)13-11(16)3-2-8-14/h10,14-15H,2-9H2,1H3,(H,13,16). The normalized spacial score (nSPS) is 30.1. The summed E-state index contributed by atoms with van der Waals surface area (Å²) in [7, 11) is 0. The molecule has 0 aromatic carbocycles. The van der Waals surface area contributed by atoms with E-state index < -0.39 is 5.54 Å². The average Bonchev–Trinajstić information content (AvgIpc) is 2.30. The lowest BCUT2D eigenvalue weighted by atomic mass is 9.77. The molecule has 0 radical (unpaired) electrons. The summed E-state index contributed by atoms with van der Waals surface area (Å²) in [6, 6.07) is 0. The first-order valence-electron chi connectivity index (χ1n) is 6.14.